The van der Waals surface area contributed by atoms with Crippen molar-refractivity contribution in [2.24, 2.45) is 0 Å². The summed E-state index contributed by atoms with van der Waals surface area (Å²) in [5.74, 6) is 0. The van der Waals surface area contributed by atoms with Crippen LogP contribution in [0, 0.1) is 0 Å². The van der Waals surface area contributed by atoms with E-state index in [9.17, 15) is 0 Å². The lowest BCUT2D eigenvalue weighted by molar-refractivity contribution is 0.544. The van der Waals surface area contributed by atoms with Crippen molar-refractivity contribution < 1.29 is 0 Å². The summed E-state index contributed by atoms with van der Waals surface area (Å²) in [7, 11) is 1.44. The molecule has 0 aromatic carbocycles. The van der Waals surface area contributed by atoms with Gasteiger partial charge >= 0.3 is 0 Å². The predicted molar refractivity (Wildman–Crippen MR) is 85.3 cm³/mol. The Balaban J connectivity index is 0.000000487. The van der Waals surface area contributed by atoms with Crippen LogP contribution in [0.3, 0.4) is 0 Å². The van der Waals surface area contributed by atoms with Crippen LogP contribution >= 0.6 is 69.6 Å². The second-order valence-electron chi connectivity index (χ2n) is 3.37. The zero-order chi connectivity index (χ0) is 12.9. The van der Waals surface area contributed by atoms with E-state index in [0.29, 0.717) is 0 Å². The van der Waals surface area contributed by atoms with Crippen molar-refractivity contribution in [3.8, 4) is 0 Å². The first kappa shape index (κ1) is 18.1. The highest BCUT2D eigenvalue weighted by molar-refractivity contribution is 6.45. The minimum Gasteiger partial charge on any atom is -0.372 e. The van der Waals surface area contributed by atoms with E-state index >= 15 is 0 Å². The molecule has 1 fully saturated rings. The predicted octanol–water partition coefficient (Wildman–Crippen LogP) is 1.63. The first-order valence-electron chi connectivity index (χ1n) is 4.87. The van der Waals surface area contributed by atoms with Crippen molar-refractivity contribution in [2.45, 2.75) is 38.8 Å². The Labute approximate surface area is 132 Å². The Bertz CT molecular complexity index is 139. The summed E-state index contributed by atoms with van der Waals surface area (Å²) >= 11 is 35.3. The Morgan fingerprint density at radius 1 is 0.750 bits per heavy atom. The van der Waals surface area contributed by atoms with Crippen LogP contribution in [0.4, 0.5) is 0 Å². The zero-order valence-corrected chi connectivity index (χ0v) is 16.9. The van der Waals surface area contributed by atoms with Gasteiger partial charge in [0.2, 0.25) is 0 Å². The molecule has 0 heterocycles. The molecule has 1 nitrogen and oxygen atoms in total. The normalized spacial score (nSPS) is 44.4. The molecule has 1 aliphatic rings. The minimum atomic E-state index is -0.437. The fraction of sp³-hybridized carbons (Fsp3) is 1.00. The fourth-order valence-electron chi connectivity index (χ4n) is 1.05. The smallest absolute Gasteiger partial charge is 0.0811 e. The molecule has 1 rings (SSSR count). The molecule has 98 valence electrons. The van der Waals surface area contributed by atoms with Crippen LogP contribution in [0.2, 0.25) is 6.55 Å². The Morgan fingerprint density at radius 3 is 0.938 bits per heavy atom. The fourth-order valence-corrected chi connectivity index (χ4v) is 3.38. The average molecular weight is 382 g/mol. The third-order valence-electron chi connectivity index (χ3n) is 2.18. The van der Waals surface area contributed by atoms with Gasteiger partial charge in [0.15, 0.2) is 0 Å². The van der Waals surface area contributed by atoms with E-state index in [1.54, 1.807) is 0 Å². The number of rotatable bonds is 1. The van der Waals surface area contributed by atoms with Crippen LogP contribution in [0.1, 0.15) is 0 Å². The average Bonchev–Trinajstić information content (AvgIpc) is 2.31. The van der Waals surface area contributed by atoms with Gasteiger partial charge in [0.05, 0.1) is 52.3 Å². The maximum atomic E-state index is 5.88. The summed E-state index contributed by atoms with van der Waals surface area (Å²) in [5.41, 5.74) is 0. The molecule has 0 spiro atoms. The molecular weight excluding hydrogens is 367 g/mol. The monoisotopic (exact) mass is 379 g/mol. The molecule has 0 bridgehead atoms. The first-order chi connectivity index (χ1) is 7.38. The maximum Gasteiger partial charge on any atom is 0.0811 e. The summed E-state index contributed by atoms with van der Waals surface area (Å²) in [5, 5.41) is -2.62. The molecule has 1 aliphatic carbocycles. The summed E-state index contributed by atoms with van der Waals surface area (Å²) in [4.78, 5) is 0. The van der Waals surface area contributed by atoms with Crippen molar-refractivity contribution in [3.05, 3.63) is 0 Å². The van der Waals surface area contributed by atoms with Crippen molar-refractivity contribution >= 4 is 89.7 Å². The highest BCUT2D eigenvalue weighted by Crippen LogP contribution is 2.39. The Hall–Kier alpha value is 2.13. The molecule has 1 N–H and O–H groups in total. The number of halogens is 6. The van der Waals surface area contributed by atoms with Gasteiger partial charge in [-0.3, -0.25) is 0 Å². The molecule has 9 heteroatoms. The van der Waals surface area contributed by atoms with Gasteiger partial charge in [-0.15, -0.1) is 69.6 Å². The van der Waals surface area contributed by atoms with Gasteiger partial charge in [-0.25, -0.2) is 0 Å². The van der Waals surface area contributed by atoms with E-state index < -0.39 is 32.3 Å². The molecular formula is C7H15Cl6NSi2. The van der Waals surface area contributed by atoms with Gasteiger partial charge in [0.25, 0.3) is 0 Å². The maximum absolute atomic E-state index is 5.88. The van der Waals surface area contributed by atoms with Gasteiger partial charge in [0.1, 0.15) is 0 Å². The van der Waals surface area contributed by atoms with Crippen LogP contribution in [0.25, 0.3) is 0 Å². The Morgan fingerprint density at radius 2 is 0.875 bits per heavy atom. The van der Waals surface area contributed by atoms with Crippen LogP contribution in [0.15, 0.2) is 0 Å². The third kappa shape index (κ3) is 5.02. The summed E-state index contributed by atoms with van der Waals surface area (Å²) < 4.78 is 3.21. The van der Waals surface area contributed by atoms with E-state index in [-0.39, 0.29) is 9.68 Å². The van der Waals surface area contributed by atoms with Crippen molar-refractivity contribution in [1.82, 2.24) is 4.65 Å². The molecule has 0 amide bonds. The van der Waals surface area contributed by atoms with Gasteiger partial charge in [-0.1, -0.05) is 6.55 Å². The van der Waals surface area contributed by atoms with Gasteiger partial charge < -0.3 is 4.65 Å². The van der Waals surface area contributed by atoms with Crippen LogP contribution < -0.4 is 4.65 Å². The second-order valence-corrected chi connectivity index (χ2v) is 9.93. The largest absolute Gasteiger partial charge is 0.372 e. The zero-order valence-electron chi connectivity index (χ0n) is 8.94. The minimum absolute atomic E-state index is 0.236. The lowest BCUT2D eigenvalue weighted by Crippen LogP contribution is -2.52. The quantitative estimate of drug-likeness (QED) is 0.537. The topological polar surface area (TPSA) is 12.0 Å². The van der Waals surface area contributed by atoms with Crippen molar-refractivity contribution in [3.63, 3.8) is 0 Å². The number of hydrogen-bond donors (Lipinski definition) is 1. The molecule has 16 heavy (non-hydrogen) atoms. The summed E-state index contributed by atoms with van der Waals surface area (Å²) in [6.07, 6.45) is 0. The molecule has 0 aromatic rings. The third-order valence-corrected chi connectivity index (χ3v) is 9.04. The SMILES string of the molecule is C[SiH2]N[SiH3].Cl[C@H]1[C@H](Cl)[C@@H](Cl)[C@@H](Cl)[C@H](Cl)[C@H]1Cl. The van der Waals surface area contributed by atoms with Crippen molar-refractivity contribution in [2.75, 3.05) is 0 Å². The van der Waals surface area contributed by atoms with E-state index in [4.69, 9.17) is 69.6 Å². The molecule has 1 saturated carbocycles. The van der Waals surface area contributed by atoms with E-state index in [0.717, 1.165) is 0 Å². The van der Waals surface area contributed by atoms with Crippen molar-refractivity contribution in [1.29, 1.82) is 0 Å². The van der Waals surface area contributed by atoms with Crippen LogP contribution in [0.5, 0.6) is 0 Å². The summed E-state index contributed by atoms with van der Waals surface area (Å²) in [6, 6.07) is 0. The van der Waals surface area contributed by atoms with Crippen LogP contribution in [-0.2, 0) is 0 Å². The molecule has 0 radical (unpaired) electrons. The van der Waals surface area contributed by atoms with Gasteiger partial charge in [0, 0.05) is 0 Å². The molecule has 0 unspecified atom stereocenters. The van der Waals surface area contributed by atoms with Gasteiger partial charge in [-0.2, -0.15) is 0 Å². The molecule has 0 aromatic heterocycles. The number of alkyl halides is 6. The molecule has 0 aliphatic heterocycles. The van der Waals surface area contributed by atoms with E-state index in [1.807, 2.05) is 0 Å². The Kier molecular flexibility index (Phi) is 10.3. The second kappa shape index (κ2) is 9.10. The highest BCUT2D eigenvalue weighted by Gasteiger charge is 2.46. The molecule has 0 saturated heterocycles. The highest BCUT2D eigenvalue weighted by atomic mass is 35.5. The standard InChI is InChI=1S/C6H6Cl6.CH9NSi2/c7-1-2(8)4(10)6(12)5(11)3(1)9;1-4-2-3/h1-6H;2H,4H2,1,3H3/t1-,2-,3-,4+,5+,6+;. The lowest BCUT2D eigenvalue weighted by Gasteiger charge is -2.37. The van der Waals surface area contributed by atoms with Crippen LogP contribution in [-0.4, -0.2) is 52.3 Å². The van der Waals surface area contributed by atoms with Gasteiger partial charge in [-0.05, 0) is 0 Å². The summed E-state index contributed by atoms with van der Waals surface area (Å²) in [6.45, 7) is 2.24. The lowest BCUT2D eigenvalue weighted by atomic mass is 9.97. The number of nitrogens with one attached hydrogen (secondary N) is 1. The van der Waals surface area contributed by atoms with E-state index in [2.05, 4.69) is 11.2 Å². The van der Waals surface area contributed by atoms with E-state index in [1.165, 1.54) is 10.4 Å². The molecule has 0 atom stereocenters. The number of hydrogen-bond acceptors (Lipinski definition) is 1. The first-order valence-corrected chi connectivity index (χ1v) is 10.6.